The number of carbonyl (C=O) groups is 4. The number of aliphatic hydroxyl groups is 1. The molecule has 1 aliphatic rings. The SMILES string of the molecule is CC(NC(=O)C(CO)NC(=O)C(NC(=O)C1CCCN1)C(C)C)C(=O)O. The van der Waals surface area contributed by atoms with Crippen LogP contribution in [-0.4, -0.2) is 71.2 Å². The van der Waals surface area contributed by atoms with Crippen molar-refractivity contribution >= 4 is 23.7 Å². The van der Waals surface area contributed by atoms with E-state index in [1.165, 1.54) is 6.92 Å². The van der Waals surface area contributed by atoms with Crippen LogP contribution in [0.2, 0.25) is 0 Å². The first-order valence-electron chi connectivity index (χ1n) is 8.65. The van der Waals surface area contributed by atoms with E-state index in [4.69, 9.17) is 5.11 Å². The van der Waals surface area contributed by atoms with Crippen molar-refractivity contribution < 1.29 is 29.4 Å². The average molecular weight is 372 g/mol. The Bertz CT molecular complexity index is 533. The van der Waals surface area contributed by atoms with Gasteiger partial charge in [0.2, 0.25) is 17.7 Å². The van der Waals surface area contributed by atoms with Crippen LogP contribution >= 0.6 is 0 Å². The van der Waals surface area contributed by atoms with E-state index >= 15 is 0 Å². The second-order valence-corrected chi connectivity index (χ2v) is 6.69. The van der Waals surface area contributed by atoms with Crippen LogP contribution in [0.3, 0.4) is 0 Å². The lowest BCUT2D eigenvalue weighted by Crippen LogP contribution is -2.59. The van der Waals surface area contributed by atoms with Crippen LogP contribution < -0.4 is 21.3 Å². The third-order valence-corrected chi connectivity index (χ3v) is 4.17. The van der Waals surface area contributed by atoms with Gasteiger partial charge in [0.15, 0.2) is 0 Å². The van der Waals surface area contributed by atoms with Gasteiger partial charge in [0.1, 0.15) is 18.1 Å². The number of amides is 3. The molecule has 0 saturated carbocycles. The second-order valence-electron chi connectivity index (χ2n) is 6.69. The minimum absolute atomic E-state index is 0.249. The zero-order chi connectivity index (χ0) is 19.9. The van der Waals surface area contributed by atoms with Crippen molar-refractivity contribution in [2.24, 2.45) is 5.92 Å². The van der Waals surface area contributed by atoms with Crippen molar-refractivity contribution in [1.82, 2.24) is 21.3 Å². The molecule has 0 bridgehead atoms. The Balaban J connectivity index is 2.69. The normalized spacial score (nSPS) is 20.1. The Labute approximate surface area is 152 Å². The molecule has 4 unspecified atom stereocenters. The highest BCUT2D eigenvalue weighted by atomic mass is 16.4. The quantitative estimate of drug-likeness (QED) is 0.272. The third-order valence-electron chi connectivity index (χ3n) is 4.17. The van der Waals surface area contributed by atoms with Crippen LogP contribution in [0.25, 0.3) is 0 Å². The largest absolute Gasteiger partial charge is 0.480 e. The zero-order valence-electron chi connectivity index (χ0n) is 15.2. The number of carboxylic acid groups (broad SMARTS) is 1. The van der Waals surface area contributed by atoms with Crippen LogP contribution in [0.1, 0.15) is 33.6 Å². The first-order chi connectivity index (χ1) is 12.2. The lowest BCUT2D eigenvalue weighted by Gasteiger charge is -2.26. The van der Waals surface area contributed by atoms with Crippen LogP contribution in [0.4, 0.5) is 0 Å². The zero-order valence-corrected chi connectivity index (χ0v) is 15.2. The lowest BCUT2D eigenvalue weighted by atomic mass is 10.0. The number of hydrogen-bond acceptors (Lipinski definition) is 6. The molecule has 1 fully saturated rings. The van der Waals surface area contributed by atoms with Crippen molar-refractivity contribution in [1.29, 1.82) is 0 Å². The number of carboxylic acids is 1. The predicted molar refractivity (Wildman–Crippen MR) is 92.1 cm³/mol. The summed E-state index contributed by atoms with van der Waals surface area (Å²) in [5, 5.41) is 28.4. The molecule has 0 radical (unpaired) electrons. The fraction of sp³-hybridized carbons (Fsp3) is 0.750. The average Bonchev–Trinajstić information content (AvgIpc) is 3.11. The summed E-state index contributed by atoms with van der Waals surface area (Å²) >= 11 is 0. The molecule has 0 spiro atoms. The molecule has 6 N–H and O–H groups in total. The molecule has 1 saturated heterocycles. The molecule has 1 aliphatic heterocycles. The molecule has 0 aromatic carbocycles. The maximum absolute atomic E-state index is 12.5. The van der Waals surface area contributed by atoms with E-state index in [2.05, 4.69) is 21.3 Å². The Morgan fingerprint density at radius 3 is 2.19 bits per heavy atom. The Morgan fingerprint density at radius 1 is 1.08 bits per heavy atom. The molecule has 0 aliphatic carbocycles. The Hall–Kier alpha value is -2.20. The molecule has 10 heteroatoms. The number of aliphatic carboxylic acids is 1. The molecule has 26 heavy (non-hydrogen) atoms. The minimum atomic E-state index is -1.31. The van der Waals surface area contributed by atoms with Crippen LogP contribution in [0.15, 0.2) is 0 Å². The van der Waals surface area contributed by atoms with Gasteiger partial charge in [-0.15, -0.1) is 0 Å². The van der Waals surface area contributed by atoms with E-state index in [0.29, 0.717) is 6.42 Å². The summed E-state index contributed by atoms with van der Waals surface area (Å²) in [7, 11) is 0. The summed E-state index contributed by atoms with van der Waals surface area (Å²) in [6.45, 7) is 4.79. The number of carbonyl (C=O) groups excluding carboxylic acids is 3. The minimum Gasteiger partial charge on any atom is -0.480 e. The molecule has 4 atom stereocenters. The van der Waals surface area contributed by atoms with E-state index in [1.54, 1.807) is 13.8 Å². The first-order valence-corrected chi connectivity index (χ1v) is 8.65. The molecular weight excluding hydrogens is 344 g/mol. The maximum atomic E-state index is 12.5. The highest BCUT2D eigenvalue weighted by molar-refractivity contribution is 5.94. The van der Waals surface area contributed by atoms with Gasteiger partial charge < -0.3 is 31.5 Å². The van der Waals surface area contributed by atoms with Gasteiger partial charge in [0.25, 0.3) is 0 Å². The number of rotatable bonds is 9. The molecular formula is C16H28N4O6. The maximum Gasteiger partial charge on any atom is 0.325 e. The predicted octanol–water partition coefficient (Wildman–Crippen LogP) is -2.05. The van der Waals surface area contributed by atoms with Crippen molar-refractivity contribution in [2.75, 3.05) is 13.2 Å². The van der Waals surface area contributed by atoms with Crippen molar-refractivity contribution in [2.45, 2.75) is 57.8 Å². The molecule has 1 rings (SSSR count). The van der Waals surface area contributed by atoms with E-state index in [-0.39, 0.29) is 17.9 Å². The van der Waals surface area contributed by atoms with Gasteiger partial charge >= 0.3 is 5.97 Å². The van der Waals surface area contributed by atoms with Gasteiger partial charge in [-0.05, 0) is 32.2 Å². The smallest absolute Gasteiger partial charge is 0.325 e. The molecule has 10 nitrogen and oxygen atoms in total. The topological polar surface area (TPSA) is 157 Å². The highest BCUT2D eigenvalue weighted by Crippen LogP contribution is 2.08. The number of hydrogen-bond donors (Lipinski definition) is 6. The molecule has 3 amide bonds. The summed E-state index contributed by atoms with van der Waals surface area (Å²) in [4.78, 5) is 47.5. The molecule has 1 heterocycles. The van der Waals surface area contributed by atoms with Crippen LogP contribution in [-0.2, 0) is 19.2 Å². The summed E-state index contributed by atoms with van der Waals surface area (Å²) in [6, 6.07) is -3.71. The van der Waals surface area contributed by atoms with Crippen molar-refractivity contribution in [3.8, 4) is 0 Å². The van der Waals surface area contributed by atoms with Gasteiger partial charge in [-0.3, -0.25) is 19.2 Å². The van der Waals surface area contributed by atoms with Gasteiger partial charge in [-0.2, -0.15) is 0 Å². The van der Waals surface area contributed by atoms with Crippen molar-refractivity contribution in [3.05, 3.63) is 0 Å². The van der Waals surface area contributed by atoms with Gasteiger partial charge in [0, 0.05) is 0 Å². The van der Waals surface area contributed by atoms with E-state index in [1.807, 2.05) is 0 Å². The second kappa shape index (κ2) is 10.1. The molecule has 0 aromatic rings. The van der Waals surface area contributed by atoms with Gasteiger partial charge in [-0.25, -0.2) is 0 Å². The Kier molecular flexibility index (Phi) is 8.46. The summed E-state index contributed by atoms with van der Waals surface area (Å²) in [6.07, 6.45) is 1.57. The summed E-state index contributed by atoms with van der Waals surface area (Å²) in [5.74, 6) is -3.22. The van der Waals surface area contributed by atoms with Crippen molar-refractivity contribution in [3.63, 3.8) is 0 Å². The molecule has 0 aromatic heterocycles. The van der Waals surface area contributed by atoms with Crippen LogP contribution in [0, 0.1) is 5.92 Å². The fourth-order valence-electron chi connectivity index (χ4n) is 2.53. The molecule has 148 valence electrons. The summed E-state index contributed by atoms with van der Waals surface area (Å²) in [5.41, 5.74) is 0. The first kappa shape index (κ1) is 21.8. The van der Waals surface area contributed by atoms with Crippen LogP contribution in [0.5, 0.6) is 0 Å². The Morgan fingerprint density at radius 2 is 1.73 bits per heavy atom. The fourth-order valence-corrected chi connectivity index (χ4v) is 2.53. The van der Waals surface area contributed by atoms with E-state index in [0.717, 1.165) is 13.0 Å². The van der Waals surface area contributed by atoms with E-state index < -0.39 is 42.5 Å². The summed E-state index contributed by atoms with van der Waals surface area (Å²) < 4.78 is 0. The lowest BCUT2D eigenvalue weighted by molar-refractivity contribution is -0.142. The highest BCUT2D eigenvalue weighted by Gasteiger charge is 2.31. The number of nitrogens with one attached hydrogen (secondary N) is 4. The third kappa shape index (κ3) is 6.26. The van der Waals surface area contributed by atoms with Gasteiger partial charge in [0.05, 0.1) is 12.6 Å². The van der Waals surface area contributed by atoms with E-state index in [9.17, 15) is 24.3 Å². The number of aliphatic hydroxyl groups excluding tert-OH is 1. The standard InChI is InChI=1S/C16H28N4O6/c1-8(2)12(20-13(22)10-5-4-6-17-10)15(24)19-11(7-21)14(23)18-9(3)16(25)26/h8-12,17,21H,4-7H2,1-3H3,(H,18,23)(H,19,24)(H,20,22)(H,25,26). The monoisotopic (exact) mass is 372 g/mol. The van der Waals surface area contributed by atoms with Gasteiger partial charge in [-0.1, -0.05) is 13.8 Å².